The number of carbonyl (C=O) groups excluding carboxylic acids is 1. The van der Waals surface area contributed by atoms with Crippen molar-refractivity contribution in [3.63, 3.8) is 0 Å². The number of nitrogens with zero attached hydrogens (tertiary/aromatic N) is 2. The molecule has 1 saturated heterocycles. The number of carbonyl (C=O) groups is 1. The highest BCUT2D eigenvalue weighted by Crippen LogP contribution is 2.13. The lowest BCUT2D eigenvalue weighted by molar-refractivity contribution is -0.149. The molecule has 0 atom stereocenters. The van der Waals surface area contributed by atoms with E-state index in [-0.39, 0.29) is 5.91 Å². The van der Waals surface area contributed by atoms with E-state index < -0.39 is 0 Å². The van der Waals surface area contributed by atoms with Crippen LogP contribution in [-0.4, -0.2) is 35.1 Å². The Balaban J connectivity index is 2.24. The van der Waals surface area contributed by atoms with Crippen molar-refractivity contribution in [2.45, 2.75) is 33.2 Å². The van der Waals surface area contributed by atoms with Crippen LogP contribution < -0.4 is 0 Å². The van der Waals surface area contributed by atoms with Crippen LogP contribution in [0.1, 0.15) is 27.2 Å². The van der Waals surface area contributed by atoms with Crippen LogP contribution in [0, 0.1) is 0 Å². The lowest BCUT2D eigenvalue weighted by atomic mass is 10.3. The summed E-state index contributed by atoms with van der Waals surface area (Å²) >= 11 is 0. The fourth-order valence-electron chi connectivity index (χ4n) is 1.11. The van der Waals surface area contributed by atoms with Crippen LogP contribution >= 0.6 is 0 Å². The molecule has 0 aromatic carbocycles. The SMILES string of the molecule is CCC(=O)N1CN(C(C)C)C1. The summed E-state index contributed by atoms with van der Waals surface area (Å²) in [5, 5.41) is 0. The quantitative estimate of drug-likeness (QED) is 0.592. The Morgan fingerprint density at radius 1 is 1.45 bits per heavy atom. The molecule has 0 aliphatic carbocycles. The largest absolute Gasteiger partial charge is 0.317 e. The van der Waals surface area contributed by atoms with Crippen molar-refractivity contribution in [3.8, 4) is 0 Å². The van der Waals surface area contributed by atoms with Gasteiger partial charge in [-0.25, -0.2) is 0 Å². The Morgan fingerprint density at radius 3 is 2.36 bits per heavy atom. The minimum absolute atomic E-state index is 0.266. The Kier molecular flexibility index (Phi) is 2.49. The van der Waals surface area contributed by atoms with Crippen molar-refractivity contribution in [2.75, 3.05) is 13.3 Å². The molecule has 1 heterocycles. The van der Waals surface area contributed by atoms with Crippen molar-refractivity contribution in [1.29, 1.82) is 0 Å². The summed E-state index contributed by atoms with van der Waals surface area (Å²) < 4.78 is 0. The molecule has 0 unspecified atom stereocenters. The second-order valence-electron chi connectivity index (χ2n) is 3.25. The highest BCUT2D eigenvalue weighted by Gasteiger charge is 2.28. The number of rotatable bonds is 2. The lowest BCUT2D eigenvalue weighted by Gasteiger charge is -2.44. The Morgan fingerprint density at radius 2 is 2.00 bits per heavy atom. The molecule has 1 rings (SSSR count). The molecular weight excluding hydrogens is 140 g/mol. The molecule has 1 fully saturated rings. The molecule has 3 nitrogen and oxygen atoms in total. The monoisotopic (exact) mass is 156 g/mol. The van der Waals surface area contributed by atoms with Gasteiger partial charge >= 0.3 is 0 Å². The van der Waals surface area contributed by atoms with Crippen LogP contribution in [0.4, 0.5) is 0 Å². The van der Waals surface area contributed by atoms with Gasteiger partial charge in [-0.2, -0.15) is 0 Å². The minimum Gasteiger partial charge on any atom is -0.317 e. The van der Waals surface area contributed by atoms with Crippen LogP contribution in [0.15, 0.2) is 0 Å². The van der Waals surface area contributed by atoms with Gasteiger partial charge in [-0.15, -0.1) is 0 Å². The first-order chi connectivity index (χ1) is 5.15. The standard InChI is InChI=1S/C8H16N2O/c1-4-8(11)10-5-9(6-10)7(2)3/h7H,4-6H2,1-3H3. The van der Waals surface area contributed by atoms with Gasteiger partial charge in [0.25, 0.3) is 0 Å². The molecule has 0 aromatic rings. The van der Waals surface area contributed by atoms with E-state index in [0.717, 1.165) is 13.3 Å². The van der Waals surface area contributed by atoms with Crippen LogP contribution in [0.25, 0.3) is 0 Å². The van der Waals surface area contributed by atoms with Gasteiger partial charge in [-0.05, 0) is 13.8 Å². The molecule has 1 amide bonds. The zero-order chi connectivity index (χ0) is 8.43. The Hall–Kier alpha value is -0.570. The third-order valence-corrected chi connectivity index (χ3v) is 2.09. The Bertz CT molecular complexity index is 150. The summed E-state index contributed by atoms with van der Waals surface area (Å²) in [7, 11) is 0. The van der Waals surface area contributed by atoms with Gasteiger partial charge in [0.05, 0.1) is 13.3 Å². The summed E-state index contributed by atoms with van der Waals surface area (Å²) in [5.74, 6) is 0.266. The fourth-order valence-corrected chi connectivity index (χ4v) is 1.11. The second-order valence-corrected chi connectivity index (χ2v) is 3.25. The predicted molar refractivity (Wildman–Crippen MR) is 43.8 cm³/mol. The van der Waals surface area contributed by atoms with E-state index in [1.807, 2.05) is 11.8 Å². The van der Waals surface area contributed by atoms with Crippen LogP contribution in [0.5, 0.6) is 0 Å². The molecule has 1 aliphatic heterocycles. The van der Waals surface area contributed by atoms with E-state index in [1.54, 1.807) is 0 Å². The first-order valence-corrected chi connectivity index (χ1v) is 4.17. The van der Waals surface area contributed by atoms with Gasteiger partial charge < -0.3 is 4.90 Å². The lowest BCUT2D eigenvalue weighted by Crippen LogP contribution is -2.59. The average Bonchev–Trinajstić information content (AvgIpc) is 1.83. The number of amides is 1. The maximum Gasteiger partial charge on any atom is 0.224 e. The zero-order valence-electron chi connectivity index (χ0n) is 7.50. The van der Waals surface area contributed by atoms with E-state index in [1.165, 1.54) is 0 Å². The van der Waals surface area contributed by atoms with E-state index in [0.29, 0.717) is 12.5 Å². The average molecular weight is 156 g/mol. The van der Waals surface area contributed by atoms with E-state index in [9.17, 15) is 4.79 Å². The van der Waals surface area contributed by atoms with Crippen molar-refractivity contribution in [1.82, 2.24) is 9.80 Å². The van der Waals surface area contributed by atoms with Crippen LogP contribution in [-0.2, 0) is 4.79 Å². The van der Waals surface area contributed by atoms with Gasteiger partial charge in [0.1, 0.15) is 0 Å². The maximum atomic E-state index is 11.1. The fraction of sp³-hybridized carbons (Fsp3) is 0.875. The van der Waals surface area contributed by atoms with Gasteiger partial charge in [-0.1, -0.05) is 6.92 Å². The molecule has 64 valence electrons. The van der Waals surface area contributed by atoms with Crippen molar-refractivity contribution < 1.29 is 4.79 Å². The zero-order valence-corrected chi connectivity index (χ0v) is 7.50. The minimum atomic E-state index is 0.266. The van der Waals surface area contributed by atoms with E-state index >= 15 is 0 Å². The summed E-state index contributed by atoms with van der Waals surface area (Å²) in [6, 6.07) is 0.566. The van der Waals surface area contributed by atoms with Gasteiger partial charge in [-0.3, -0.25) is 9.69 Å². The Labute approximate surface area is 68.0 Å². The highest BCUT2D eigenvalue weighted by atomic mass is 16.2. The first kappa shape index (κ1) is 8.53. The highest BCUT2D eigenvalue weighted by molar-refractivity contribution is 5.76. The van der Waals surface area contributed by atoms with Crippen molar-refractivity contribution >= 4 is 5.91 Å². The van der Waals surface area contributed by atoms with Gasteiger partial charge in [0.2, 0.25) is 5.91 Å². The molecule has 3 heteroatoms. The summed E-state index contributed by atoms with van der Waals surface area (Å²) in [6.45, 7) is 7.84. The third kappa shape index (κ3) is 1.71. The van der Waals surface area contributed by atoms with Gasteiger partial charge in [0.15, 0.2) is 0 Å². The molecule has 0 radical (unpaired) electrons. The number of hydrogen-bond donors (Lipinski definition) is 0. The molecule has 0 aromatic heterocycles. The predicted octanol–water partition coefficient (Wildman–Crippen LogP) is 0.864. The van der Waals surface area contributed by atoms with Crippen LogP contribution in [0.2, 0.25) is 0 Å². The summed E-state index contributed by atoms with van der Waals surface area (Å²) in [5.41, 5.74) is 0. The summed E-state index contributed by atoms with van der Waals surface area (Å²) in [6.07, 6.45) is 0.631. The normalized spacial score (nSPS) is 18.7. The number of hydrogen-bond acceptors (Lipinski definition) is 2. The van der Waals surface area contributed by atoms with E-state index in [4.69, 9.17) is 0 Å². The second kappa shape index (κ2) is 3.22. The van der Waals surface area contributed by atoms with Crippen LogP contribution in [0.3, 0.4) is 0 Å². The first-order valence-electron chi connectivity index (χ1n) is 4.17. The smallest absolute Gasteiger partial charge is 0.224 e. The summed E-state index contributed by atoms with van der Waals surface area (Å²) in [4.78, 5) is 15.2. The molecule has 0 N–H and O–H groups in total. The molecule has 0 spiro atoms. The molecule has 0 bridgehead atoms. The molecule has 0 saturated carbocycles. The van der Waals surface area contributed by atoms with Gasteiger partial charge in [0, 0.05) is 12.5 Å². The molecule has 1 aliphatic rings. The topological polar surface area (TPSA) is 23.6 Å². The van der Waals surface area contributed by atoms with E-state index in [2.05, 4.69) is 18.7 Å². The maximum absolute atomic E-state index is 11.1. The third-order valence-electron chi connectivity index (χ3n) is 2.09. The van der Waals surface area contributed by atoms with Crippen molar-refractivity contribution in [3.05, 3.63) is 0 Å². The molecule has 11 heavy (non-hydrogen) atoms. The van der Waals surface area contributed by atoms with Crippen molar-refractivity contribution in [2.24, 2.45) is 0 Å². The molecular formula is C8H16N2O.